The molecule has 4 aromatic rings. The SMILES string of the molecule is Cc1cc(C)n(CC(=O)Nc2cc(-c3ccccc3)nn2-c2ccccc2)n1. The minimum atomic E-state index is -0.150. The molecule has 0 saturated heterocycles. The molecule has 2 heterocycles. The van der Waals surface area contributed by atoms with Crippen LogP contribution < -0.4 is 5.32 Å². The lowest BCUT2D eigenvalue weighted by Gasteiger charge is -2.09. The zero-order valence-corrected chi connectivity index (χ0v) is 15.8. The summed E-state index contributed by atoms with van der Waals surface area (Å²) in [4.78, 5) is 12.7. The highest BCUT2D eigenvalue weighted by molar-refractivity contribution is 5.90. The van der Waals surface area contributed by atoms with Crippen molar-refractivity contribution in [3.05, 3.63) is 84.2 Å². The van der Waals surface area contributed by atoms with Gasteiger partial charge in [-0.2, -0.15) is 10.2 Å². The van der Waals surface area contributed by atoms with Crippen LogP contribution in [0.4, 0.5) is 5.82 Å². The minimum absolute atomic E-state index is 0.150. The van der Waals surface area contributed by atoms with E-state index in [1.165, 1.54) is 0 Å². The van der Waals surface area contributed by atoms with Gasteiger partial charge in [-0.15, -0.1) is 0 Å². The molecule has 2 aromatic carbocycles. The van der Waals surface area contributed by atoms with E-state index in [-0.39, 0.29) is 12.5 Å². The summed E-state index contributed by atoms with van der Waals surface area (Å²) in [6, 6.07) is 23.5. The van der Waals surface area contributed by atoms with E-state index >= 15 is 0 Å². The number of aromatic nitrogens is 4. The van der Waals surface area contributed by atoms with Gasteiger partial charge in [0.25, 0.3) is 0 Å². The fourth-order valence-corrected chi connectivity index (χ4v) is 3.14. The Morgan fingerprint density at radius 1 is 0.929 bits per heavy atom. The van der Waals surface area contributed by atoms with E-state index in [0.29, 0.717) is 5.82 Å². The highest BCUT2D eigenvalue weighted by Gasteiger charge is 2.15. The number of anilines is 1. The van der Waals surface area contributed by atoms with Crippen LogP contribution in [-0.2, 0) is 11.3 Å². The molecule has 0 atom stereocenters. The molecule has 140 valence electrons. The number of amides is 1. The molecule has 0 spiro atoms. The average molecular weight is 371 g/mol. The lowest BCUT2D eigenvalue weighted by molar-refractivity contribution is -0.117. The first-order valence-corrected chi connectivity index (χ1v) is 9.12. The van der Waals surface area contributed by atoms with Gasteiger partial charge in [0.05, 0.1) is 17.1 Å². The number of carbonyl (C=O) groups excluding carboxylic acids is 1. The largest absolute Gasteiger partial charge is 0.309 e. The van der Waals surface area contributed by atoms with E-state index in [9.17, 15) is 4.79 Å². The van der Waals surface area contributed by atoms with Gasteiger partial charge >= 0.3 is 0 Å². The molecular formula is C22H21N5O. The average Bonchev–Trinajstić information content (AvgIpc) is 3.26. The van der Waals surface area contributed by atoms with Crippen molar-refractivity contribution in [2.45, 2.75) is 20.4 Å². The van der Waals surface area contributed by atoms with Crippen molar-refractivity contribution in [1.82, 2.24) is 19.6 Å². The van der Waals surface area contributed by atoms with Gasteiger partial charge in [0.15, 0.2) is 0 Å². The first-order valence-electron chi connectivity index (χ1n) is 9.12. The lowest BCUT2D eigenvalue weighted by atomic mass is 10.2. The summed E-state index contributed by atoms with van der Waals surface area (Å²) >= 11 is 0. The molecule has 0 bridgehead atoms. The Morgan fingerprint density at radius 2 is 1.61 bits per heavy atom. The van der Waals surface area contributed by atoms with E-state index in [4.69, 9.17) is 5.10 Å². The van der Waals surface area contributed by atoms with Gasteiger partial charge < -0.3 is 5.32 Å². The number of hydrogen-bond donors (Lipinski definition) is 1. The summed E-state index contributed by atoms with van der Waals surface area (Å²) in [7, 11) is 0. The molecule has 6 heteroatoms. The van der Waals surface area contributed by atoms with E-state index in [2.05, 4.69) is 10.4 Å². The Morgan fingerprint density at radius 3 is 2.25 bits per heavy atom. The first kappa shape index (κ1) is 17.7. The van der Waals surface area contributed by atoms with Crippen molar-refractivity contribution < 1.29 is 4.79 Å². The van der Waals surface area contributed by atoms with E-state index in [1.54, 1.807) is 9.36 Å². The fourth-order valence-electron chi connectivity index (χ4n) is 3.14. The molecule has 1 amide bonds. The second-order valence-corrected chi connectivity index (χ2v) is 6.66. The monoisotopic (exact) mass is 371 g/mol. The summed E-state index contributed by atoms with van der Waals surface area (Å²) in [5.74, 6) is 0.472. The van der Waals surface area contributed by atoms with Crippen LogP contribution in [0.3, 0.4) is 0 Å². The molecule has 0 saturated carbocycles. The molecule has 28 heavy (non-hydrogen) atoms. The van der Waals surface area contributed by atoms with Crippen LogP contribution in [0, 0.1) is 13.8 Å². The van der Waals surface area contributed by atoms with Crippen molar-refractivity contribution in [2.75, 3.05) is 5.32 Å². The smallest absolute Gasteiger partial charge is 0.247 e. The van der Waals surface area contributed by atoms with Gasteiger partial charge in [-0.05, 0) is 32.0 Å². The van der Waals surface area contributed by atoms with Crippen LogP contribution in [0.2, 0.25) is 0 Å². The van der Waals surface area contributed by atoms with Crippen LogP contribution in [-0.4, -0.2) is 25.5 Å². The Hall–Kier alpha value is -3.67. The Bertz CT molecular complexity index is 1100. The Labute approximate surface area is 163 Å². The Kier molecular flexibility index (Phi) is 4.76. The zero-order chi connectivity index (χ0) is 19.5. The predicted molar refractivity (Wildman–Crippen MR) is 109 cm³/mol. The fraction of sp³-hybridized carbons (Fsp3) is 0.136. The summed E-state index contributed by atoms with van der Waals surface area (Å²) in [5, 5.41) is 12.1. The number of benzene rings is 2. The number of para-hydroxylation sites is 1. The predicted octanol–water partition coefficient (Wildman–Crippen LogP) is 3.99. The van der Waals surface area contributed by atoms with Crippen molar-refractivity contribution in [3.8, 4) is 16.9 Å². The van der Waals surface area contributed by atoms with Crippen LogP contribution in [0.25, 0.3) is 16.9 Å². The molecule has 0 aliphatic carbocycles. The molecular weight excluding hydrogens is 350 g/mol. The molecule has 0 fully saturated rings. The number of carbonyl (C=O) groups is 1. The summed E-state index contributed by atoms with van der Waals surface area (Å²) in [5.41, 5.74) is 4.52. The number of nitrogens with one attached hydrogen (secondary N) is 1. The minimum Gasteiger partial charge on any atom is -0.309 e. The van der Waals surface area contributed by atoms with Crippen LogP contribution in [0.5, 0.6) is 0 Å². The van der Waals surface area contributed by atoms with Crippen molar-refractivity contribution in [3.63, 3.8) is 0 Å². The molecule has 2 aromatic heterocycles. The molecule has 1 N–H and O–H groups in total. The summed E-state index contributed by atoms with van der Waals surface area (Å²) in [6.45, 7) is 4.01. The number of nitrogens with zero attached hydrogens (tertiary/aromatic N) is 4. The van der Waals surface area contributed by atoms with Gasteiger partial charge in [-0.25, -0.2) is 4.68 Å². The highest BCUT2D eigenvalue weighted by atomic mass is 16.2. The standard InChI is InChI=1S/C22H21N5O/c1-16-13-17(2)26(24-16)15-22(28)23-21-14-20(18-9-5-3-6-10-18)25-27(21)19-11-7-4-8-12-19/h3-14H,15H2,1-2H3,(H,23,28). The van der Waals surface area contributed by atoms with Crippen LogP contribution in [0.15, 0.2) is 72.8 Å². The van der Waals surface area contributed by atoms with E-state index in [0.717, 1.165) is 28.3 Å². The molecule has 0 unspecified atom stereocenters. The lowest BCUT2D eigenvalue weighted by Crippen LogP contribution is -2.21. The van der Waals surface area contributed by atoms with E-state index < -0.39 is 0 Å². The van der Waals surface area contributed by atoms with Crippen molar-refractivity contribution in [1.29, 1.82) is 0 Å². The third-order valence-corrected chi connectivity index (χ3v) is 4.44. The topological polar surface area (TPSA) is 64.7 Å². The zero-order valence-electron chi connectivity index (χ0n) is 15.8. The molecule has 0 aliphatic heterocycles. The normalized spacial score (nSPS) is 10.8. The molecule has 0 radical (unpaired) electrons. The van der Waals surface area contributed by atoms with Crippen molar-refractivity contribution in [2.24, 2.45) is 0 Å². The van der Waals surface area contributed by atoms with Crippen LogP contribution in [0.1, 0.15) is 11.4 Å². The van der Waals surface area contributed by atoms with Gasteiger partial charge in [0.1, 0.15) is 12.4 Å². The quantitative estimate of drug-likeness (QED) is 0.577. The van der Waals surface area contributed by atoms with Gasteiger partial charge in [-0.3, -0.25) is 9.48 Å². The first-order chi connectivity index (χ1) is 13.6. The van der Waals surface area contributed by atoms with Gasteiger partial charge in [0.2, 0.25) is 5.91 Å². The third-order valence-electron chi connectivity index (χ3n) is 4.44. The maximum Gasteiger partial charge on any atom is 0.247 e. The maximum atomic E-state index is 12.7. The summed E-state index contributed by atoms with van der Waals surface area (Å²) in [6.07, 6.45) is 0. The van der Waals surface area contributed by atoms with Crippen molar-refractivity contribution >= 4 is 11.7 Å². The number of aryl methyl sites for hydroxylation is 2. The Balaban J connectivity index is 1.66. The van der Waals surface area contributed by atoms with Gasteiger partial charge in [0, 0.05) is 17.3 Å². The van der Waals surface area contributed by atoms with Gasteiger partial charge in [-0.1, -0.05) is 48.5 Å². The summed E-state index contributed by atoms with van der Waals surface area (Å²) < 4.78 is 3.45. The molecule has 6 nitrogen and oxygen atoms in total. The second kappa shape index (κ2) is 7.52. The number of rotatable bonds is 5. The maximum absolute atomic E-state index is 12.7. The highest BCUT2D eigenvalue weighted by Crippen LogP contribution is 2.24. The van der Waals surface area contributed by atoms with Crippen LogP contribution >= 0.6 is 0 Å². The number of hydrogen-bond acceptors (Lipinski definition) is 3. The molecule has 0 aliphatic rings. The molecule has 4 rings (SSSR count). The van der Waals surface area contributed by atoms with E-state index in [1.807, 2.05) is 86.6 Å². The second-order valence-electron chi connectivity index (χ2n) is 6.66. The third kappa shape index (κ3) is 3.71.